The van der Waals surface area contributed by atoms with Gasteiger partial charge in [-0.3, -0.25) is 0 Å². The molecule has 4 rings (SSSR count). The maximum atomic E-state index is 10.6. The van der Waals surface area contributed by atoms with Gasteiger partial charge in [0.2, 0.25) is 0 Å². The highest BCUT2D eigenvalue weighted by molar-refractivity contribution is 5.76. The van der Waals surface area contributed by atoms with Gasteiger partial charge in [-0.1, -0.05) is 54.8 Å². The van der Waals surface area contributed by atoms with Crippen LogP contribution >= 0.6 is 0 Å². The van der Waals surface area contributed by atoms with E-state index in [1.165, 1.54) is 31.2 Å². The number of aryl methyl sites for hydroxylation is 1. The van der Waals surface area contributed by atoms with Crippen LogP contribution < -0.4 is 0 Å². The summed E-state index contributed by atoms with van der Waals surface area (Å²) in [7, 11) is 0. The van der Waals surface area contributed by atoms with Crippen LogP contribution in [0.15, 0.2) is 48.5 Å². The van der Waals surface area contributed by atoms with Crippen molar-refractivity contribution >= 4 is 11.0 Å². The molecule has 142 valence electrons. The lowest BCUT2D eigenvalue weighted by molar-refractivity contribution is 0.0204. The Balaban J connectivity index is 1.43. The number of ether oxygens (including phenoxy) is 1. The second-order valence-electron chi connectivity index (χ2n) is 7.71. The van der Waals surface area contributed by atoms with Gasteiger partial charge in [-0.15, -0.1) is 0 Å². The van der Waals surface area contributed by atoms with E-state index in [4.69, 9.17) is 9.72 Å². The normalized spacial score (nSPS) is 16.2. The van der Waals surface area contributed by atoms with E-state index in [2.05, 4.69) is 47.9 Å². The van der Waals surface area contributed by atoms with Gasteiger partial charge in [0.15, 0.2) is 0 Å². The molecule has 4 nitrogen and oxygen atoms in total. The van der Waals surface area contributed by atoms with Crippen LogP contribution in [0.1, 0.15) is 48.6 Å². The number of benzene rings is 2. The molecule has 0 spiro atoms. The molecule has 2 aromatic carbocycles. The van der Waals surface area contributed by atoms with Crippen LogP contribution in [-0.4, -0.2) is 27.4 Å². The Labute approximate surface area is 160 Å². The predicted molar refractivity (Wildman–Crippen MR) is 108 cm³/mol. The van der Waals surface area contributed by atoms with Crippen molar-refractivity contribution in [3.63, 3.8) is 0 Å². The summed E-state index contributed by atoms with van der Waals surface area (Å²) in [6, 6.07) is 16.5. The van der Waals surface area contributed by atoms with E-state index in [0.29, 0.717) is 25.7 Å². The minimum absolute atomic E-state index is 0.324. The van der Waals surface area contributed by atoms with Gasteiger partial charge in [-0.25, -0.2) is 4.98 Å². The Hall–Kier alpha value is -2.17. The lowest BCUT2D eigenvalue weighted by atomic mass is 10.1. The SMILES string of the molecule is Cc1ccc(COCC(O)Cn2c(C3CCCC3)nc3ccccc32)cc1. The highest BCUT2D eigenvalue weighted by Gasteiger charge is 2.24. The fourth-order valence-corrected chi connectivity index (χ4v) is 4.04. The summed E-state index contributed by atoms with van der Waals surface area (Å²) in [5.41, 5.74) is 4.50. The maximum Gasteiger partial charge on any atom is 0.113 e. The summed E-state index contributed by atoms with van der Waals surface area (Å²) in [6.45, 7) is 3.45. The molecule has 27 heavy (non-hydrogen) atoms. The zero-order valence-corrected chi connectivity index (χ0v) is 16.0. The van der Waals surface area contributed by atoms with Crippen LogP contribution in [0.25, 0.3) is 11.0 Å². The summed E-state index contributed by atoms with van der Waals surface area (Å²) in [5, 5.41) is 10.6. The summed E-state index contributed by atoms with van der Waals surface area (Å²) < 4.78 is 7.98. The van der Waals surface area contributed by atoms with E-state index in [1.807, 2.05) is 12.1 Å². The molecule has 0 amide bonds. The molecule has 1 unspecified atom stereocenters. The van der Waals surface area contributed by atoms with Crippen LogP contribution in [0, 0.1) is 6.92 Å². The Morgan fingerprint density at radius 3 is 2.63 bits per heavy atom. The molecule has 0 saturated heterocycles. The first-order valence-electron chi connectivity index (χ1n) is 9.97. The molecule has 1 aliphatic carbocycles. The van der Waals surface area contributed by atoms with E-state index in [-0.39, 0.29) is 0 Å². The van der Waals surface area contributed by atoms with Gasteiger partial charge < -0.3 is 14.4 Å². The lowest BCUT2D eigenvalue weighted by Crippen LogP contribution is -2.23. The smallest absolute Gasteiger partial charge is 0.113 e. The number of imidazole rings is 1. The Kier molecular flexibility index (Phi) is 5.55. The zero-order valence-electron chi connectivity index (χ0n) is 16.0. The summed E-state index contributed by atoms with van der Waals surface area (Å²) in [6.07, 6.45) is 4.40. The van der Waals surface area contributed by atoms with Crippen molar-refractivity contribution in [1.29, 1.82) is 0 Å². The van der Waals surface area contributed by atoms with Gasteiger partial charge in [0, 0.05) is 5.92 Å². The number of nitrogens with zero attached hydrogens (tertiary/aromatic N) is 2. The van der Waals surface area contributed by atoms with Crippen molar-refractivity contribution in [2.24, 2.45) is 0 Å². The van der Waals surface area contributed by atoms with Crippen molar-refractivity contribution in [3.05, 3.63) is 65.5 Å². The Bertz CT molecular complexity index is 879. The van der Waals surface area contributed by atoms with Gasteiger partial charge in [-0.05, 0) is 37.5 Å². The molecule has 3 aromatic rings. The van der Waals surface area contributed by atoms with Crippen LogP contribution in [0.3, 0.4) is 0 Å². The van der Waals surface area contributed by atoms with E-state index in [0.717, 1.165) is 22.4 Å². The quantitative estimate of drug-likeness (QED) is 0.667. The van der Waals surface area contributed by atoms with Crippen LogP contribution in [0.4, 0.5) is 0 Å². The molecule has 1 heterocycles. The summed E-state index contributed by atoms with van der Waals surface area (Å²) >= 11 is 0. The van der Waals surface area contributed by atoms with Crippen LogP contribution in [-0.2, 0) is 17.9 Å². The van der Waals surface area contributed by atoms with Crippen LogP contribution in [0.5, 0.6) is 0 Å². The number of para-hydroxylation sites is 2. The minimum Gasteiger partial charge on any atom is -0.389 e. The van der Waals surface area contributed by atoms with E-state index < -0.39 is 6.10 Å². The van der Waals surface area contributed by atoms with Gasteiger partial charge in [-0.2, -0.15) is 0 Å². The number of fused-ring (bicyclic) bond motifs is 1. The number of aromatic nitrogens is 2. The number of aliphatic hydroxyl groups is 1. The minimum atomic E-state index is -0.548. The van der Waals surface area contributed by atoms with E-state index >= 15 is 0 Å². The average Bonchev–Trinajstić information content (AvgIpc) is 3.32. The van der Waals surface area contributed by atoms with Gasteiger partial charge in [0.05, 0.1) is 36.9 Å². The zero-order chi connectivity index (χ0) is 18.6. The van der Waals surface area contributed by atoms with Gasteiger partial charge in [0.1, 0.15) is 5.82 Å². The van der Waals surface area contributed by atoms with Crippen LogP contribution in [0.2, 0.25) is 0 Å². The number of hydrogen-bond acceptors (Lipinski definition) is 3. The second kappa shape index (κ2) is 8.24. The predicted octanol–water partition coefficient (Wildman–Crippen LogP) is 4.58. The first-order valence-corrected chi connectivity index (χ1v) is 9.97. The number of hydrogen-bond donors (Lipinski definition) is 1. The fraction of sp³-hybridized carbons (Fsp3) is 0.435. The molecule has 0 bridgehead atoms. The summed E-state index contributed by atoms with van der Waals surface area (Å²) in [4.78, 5) is 4.89. The third kappa shape index (κ3) is 4.23. The Morgan fingerprint density at radius 1 is 1.11 bits per heavy atom. The van der Waals surface area contributed by atoms with E-state index in [9.17, 15) is 5.11 Å². The Morgan fingerprint density at radius 2 is 1.85 bits per heavy atom. The van der Waals surface area contributed by atoms with Crippen molar-refractivity contribution in [3.8, 4) is 0 Å². The van der Waals surface area contributed by atoms with Crippen molar-refractivity contribution in [2.75, 3.05) is 6.61 Å². The topological polar surface area (TPSA) is 47.3 Å². The molecule has 1 atom stereocenters. The molecular weight excluding hydrogens is 336 g/mol. The molecule has 1 fully saturated rings. The van der Waals surface area contributed by atoms with Crippen molar-refractivity contribution in [1.82, 2.24) is 9.55 Å². The molecular formula is C23H28N2O2. The van der Waals surface area contributed by atoms with Crippen molar-refractivity contribution in [2.45, 2.75) is 57.8 Å². The standard InChI is InChI=1S/C23H28N2O2/c1-17-10-12-18(13-11-17)15-27-16-20(26)14-25-22-9-5-4-8-21(22)24-23(25)19-6-2-3-7-19/h4-5,8-13,19-20,26H,2-3,6-7,14-16H2,1H3. The average molecular weight is 364 g/mol. The highest BCUT2D eigenvalue weighted by Crippen LogP contribution is 2.35. The molecule has 1 N–H and O–H groups in total. The maximum absolute atomic E-state index is 10.6. The lowest BCUT2D eigenvalue weighted by Gasteiger charge is -2.17. The fourth-order valence-electron chi connectivity index (χ4n) is 4.04. The number of rotatable bonds is 7. The van der Waals surface area contributed by atoms with E-state index in [1.54, 1.807) is 0 Å². The third-order valence-corrected chi connectivity index (χ3v) is 5.50. The largest absolute Gasteiger partial charge is 0.389 e. The van der Waals surface area contributed by atoms with Crippen molar-refractivity contribution < 1.29 is 9.84 Å². The summed E-state index contributed by atoms with van der Waals surface area (Å²) in [5.74, 6) is 1.64. The third-order valence-electron chi connectivity index (χ3n) is 5.50. The second-order valence-corrected chi connectivity index (χ2v) is 7.71. The molecule has 1 saturated carbocycles. The monoisotopic (exact) mass is 364 g/mol. The number of aliphatic hydroxyl groups excluding tert-OH is 1. The van der Waals surface area contributed by atoms with Gasteiger partial charge in [0.25, 0.3) is 0 Å². The van der Waals surface area contributed by atoms with Gasteiger partial charge >= 0.3 is 0 Å². The molecule has 0 aliphatic heterocycles. The molecule has 4 heteroatoms. The highest BCUT2D eigenvalue weighted by atomic mass is 16.5. The molecule has 1 aliphatic rings. The molecule has 0 radical (unpaired) electrons. The molecule has 1 aromatic heterocycles. The first kappa shape index (κ1) is 18.2. The first-order chi connectivity index (χ1) is 13.2.